The van der Waals surface area contributed by atoms with Gasteiger partial charge in [0, 0.05) is 23.3 Å². The lowest BCUT2D eigenvalue weighted by atomic mass is 9.49. The van der Waals surface area contributed by atoms with Crippen molar-refractivity contribution >= 4 is 5.78 Å². The second-order valence-corrected chi connectivity index (χ2v) is 6.14. The van der Waals surface area contributed by atoms with Gasteiger partial charge in [0.05, 0.1) is 11.7 Å². The lowest BCUT2D eigenvalue weighted by molar-refractivity contribution is -0.181. The largest absolute Gasteiger partial charge is 0.389 e. The molecule has 1 spiro atoms. The van der Waals surface area contributed by atoms with Crippen LogP contribution in [-0.2, 0) is 4.79 Å². The van der Waals surface area contributed by atoms with Crippen molar-refractivity contribution in [3.05, 3.63) is 11.1 Å². The van der Waals surface area contributed by atoms with E-state index in [1.54, 1.807) is 6.92 Å². The van der Waals surface area contributed by atoms with Gasteiger partial charge in [-0.1, -0.05) is 12.0 Å². The average Bonchev–Trinajstić information content (AvgIpc) is 2.55. The van der Waals surface area contributed by atoms with E-state index in [9.17, 15) is 15.0 Å². The minimum atomic E-state index is -1.08. The number of ketones is 1. The molecule has 3 rings (SSSR count). The predicted octanol–water partition coefficient (Wildman–Crippen LogP) is 1.58. The zero-order valence-electron chi connectivity index (χ0n) is 10.5. The molecule has 0 aromatic heterocycles. The molecule has 2 N–H and O–H groups in total. The molecule has 0 aromatic rings. The van der Waals surface area contributed by atoms with E-state index in [4.69, 9.17) is 0 Å². The molecule has 2 saturated carbocycles. The van der Waals surface area contributed by atoms with Crippen molar-refractivity contribution in [2.75, 3.05) is 0 Å². The molecule has 3 aliphatic rings. The third-order valence-electron chi connectivity index (χ3n) is 5.61. The van der Waals surface area contributed by atoms with Gasteiger partial charge >= 0.3 is 0 Å². The van der Waals surface area contributed by atoms with Gasteiger partial charge in [0.15, 0.2) is 5.78 Å². The maximum absolute atomic E-state index is 12.0. The molecule has 0 aromatic carbocycles. The minimum Gasteiger partial charge on any atom is -0.389 e. The number of hydrogen-bond donors (Lipinski definition) is 2. The van der Waals surface area contributed by atoms with Crippen LogP contribution in [0.5, 0.6) is 0 Å². The highest BCUT2D eigenvalue weighted by molar-refractivity contribution is 5.99. The Morgan fingerprint density at radius 1 is 1.35 bits per heavy atom. The van der Waals surface area contributed by atoms with Crippen LogP contribution in [0.15, 0.2) is 11.1 Å². The van der Waals surface area contributed by atoms with Gasteiger partial charge in [-0.2, -0.15) is 0 Å². The van der Waals surface area contributed by atoms with Crippen LogP contribution in [-0.4, -0.2) is 27.7 Å². The first-order valence-corrected chi connectivity index (χ1v) is 6.57. The van der Waals surface area contributed by atoms with Crippen molar-refractivity contribution in [3.63, 3.8) is 0 Å². The van der Waals surface area contributed by atoms with Crippen LogP contribution < -0.4 is 0 Å². The van der Waals surface area contributed by atoms with Crippen LogP contribution in [0.4, 0.5) is 0 Å². The van der Waals surface area contributed by atoms with Crippen molar-refractivity contribution in [1.29, 1.82) is 0 Å². The number of aliphatic hydroxyl groups excluding tert-OH is 1. The topological polar surface area (TPSA) is 57.5 Å². The summed E-state index contributed by atoms with van der Waals surface area (Å²) in [5.41, 5.74) is 0.488. The Hall–Kier alpha value is -0.670. The van der Waals surface area contributed by atoms with Gasteiger partial charge in [0.1, 0.15) is 0 Å². The number of carbonyl (C=O) groups is 1. The Balaban J connectivity index is 2.19. The molecule has 94 valence electrons. The number of rotatable bonds is 0. The summed E-state index contributed by atoms with van der Waals surface area (Å²) in [6, 6.07) is 0. The van der Waals surface area contributed by atoms with Crippen molar-refractivity contribution in [3.8, 4) is 0 Å². The van der Waals surface area contributed by atoms with Crippen LogP contribution in [0.3, 0.4) is 0 Å². The van der Waals surface area contributed by atoms with Gasteiger partial charge in [-0.15, -0.1) is 0 Å². The summed E-state index contributed by atoms with van der Waals surface area (Å²) in [5.74, 6) is 0.0528. The third-order valence-corrected chi connectivity index (χ3v) is 5.61. The van der Waals surface area contributed by atoms with E-state index in [-0.39, 0.29) is 17.1 Å². The fourth-order valence-corrected chi connectivity index (χ4v) is 4.30. The lowest BCUT2D eigenvalue weighted by Crippen LogP contribution is -2.63. The number of fused-ring (bicyclic) bond motifs is 1. The summed E-state index contributed by atoms with van der Waals surface area (Å²) in [5, 5.41) is 21.1. The number of hydrogen-bond acceptors (Lipinski definition) is 3. The number of carbonyl (C=O) groups excluding carboxylic acids is 1. The van der Waals surface area contributed by atoms with Crippen LogP contribution >= 0.6 is 0 Å². The SMILES string of the molecule is CC1=C2C(=O)CC[C@H]2[C@@H](O)[C@](C)(O)C12CCC2. The molecule has 0 amide bonds. The molecule has 2 fully saturated rings. The fraction of sp³-hybridized carbons (Fsp3) is 0.786. The molecular weight excluding hydrogens is 216 g/mol. The van der Waals surface area contributed by atoms with Crippen molar-refractivity contribution < 1.29 is 15.0 Å². The first-order chi connectivity index (χ1) is 7.92. The second kappa shape index (κ2) is 3.21. The molecule has 0 radical (unpaired) electrons. The van der Waals surface area contributed by atoms with Gasteiger partial charge in [-0.05, 0) is 33.1 Å². The molecule has 0 unspecified atom stereocenters. The van der Waals surface area contributed by atoms with Gasteiger partial charge < -0.3 is 10.2 Å². The predicted molar refractivity (Wildman–Crippen MR) is 63.3 cm³/mol. The zero-order chi connectivity index (χ0) is 12.4. The monoisotopic (exact) mass is 236 g/mol. The molecule has 3 heteroatoms. The molecule has 3 nitrogen and oxygen atoms in total. The van der Waals surface area contributed by atoms with Crippen LogP contribution in [0.25, 0.3) is 0 Å². The summed E-state index contributed by atoms with van der Waals surface area (Å²) >= 11 is 0. The van der Waals surface area contributed by atoms with Gasteiger partial charge in [-0.25, -0.2) is 0 Å². The van der Waals surface area contributed by atoms with Crippen molar-refractivity contribution in [2.24, 2.45) is 11.3 Å². The van der Waals surface area contributed by atoms with Gasteiger partial charge in [0.2, 0.25) is 0 Å². The van der Waals surface area contributed by atoms with E-state index in [0.29, 0.717) is 12.8 Å². The van der Waals surface area contributed by atoms with Crippen LogP contribution in [0, 0.1) is 11.3 Å². The van der Waals surface area contributed by atoms with Crippen molar-refractivity contribution in [1.82, 2.24) is 0 Å². The molecule has 3 atom stereocenters. The number of Topliss-reactive ketones (excluding diaryl/α,β-unsaturated/α-hetero) is 1. The normalized spacial score (nSPS) is 43.9. The van der Waals surface area contributed by atoms with Gasteiger partial charge in [0.25, 0.3) is 0 Å². The fourth-order valence-electron chi connectivity index (χ4n) is 4.30. The molecule has 0 saturated heterocycles. The summed E-state index contributed by atoms with van der Waals surface area (Å²) in [7, 11) is 0. The molecular formula is C14H20O3. The summed E-state index contributed by atoms with van der Waals surface area (Å²) < 4.78 is 0. The molecule has 0 aliphatic heterocycles. The quantitative estimate of drug-likeness (QED) is 0.671. The Morgan fingerprint density at radius 3 is 2.53 bits per heavy atom. The Morgan fingerprint density at radius 2 is 2.00 bits per heavy atom. The van der Waals surface area contributed by atoms with Crippen molar-refractivity contribution in [2.45, 2.75) is 57.7 Å². The Labute approximate surface area is 102 Å². The van der Waals surface area contributed by atoms with E-state index in [1.807, 2.05) is 6.92 Å². The van der Waals surface area contributed by atoms with Gasteiger partial charge in [-0.3, -0.25) is 4.79 Å². The second-order valence-electron chi connectivity index (χ2n) is 6.14. The average molecular weight is 236 g/mol. The Bertz CT molecular complexity index is 415. The zero-order valence-corrected chi connectivity index (χ0v) is 10.5. The standard InChI is InChI=1S/C14H20O3/c1-8-11-9(4-5-10(11)15)12(16)13(2,17)14(8)6-3-7-14/h9,12,16-17H,3-7H2,1-2H3/t9-,12-,13+/m1/s1. The first kappa shape index (κ1) is 11.4. The first-order valence-electron chi connectivity index (χ1n) is 6.57. The van der Waals surface area contributed by atoms with Crippen LogP contribution in [0.2, 0.25) is 0 Å². The summed E-state index contributed by atoms with van der Waals surface area (Å²) in [4.78, 5) is 12.0. The lowest BCUT2D eigenvalue weighted by Gasteiger charge is -2.58. The van der Waals surface area contributed by atoms with E-state index in [2.05, 4.69) is 0 Å². The summed E-state index contributed by atoms with van der Waals surface area (Å²) in [6.45, 7) is 3.74. The smallest absolute Gasteiger partial charge is 0.159 e. The van der Waals surface area contributed by atoms with Crippen LogP contribution in [0.1, 0.15) is 46.0 Å². The van der Waals surface area contributed by atoms with E-state index in [1.165, 1.54) is 0 Å². The maximum atomic E-state index is 12.0. The third kappa shape index (κ3) is 1.12. The van der Waals surface area contributed by atoms with E-state index < -0.39 is 11.7 Å². The highest BCUT2D eigenvalue weighted by atomic mass is 16.3. The highest BCUT2D eigenvalue weighted by Gasteiger charge is 2.62. The Kier molecular flexibility index (Phi) is 2.15. The molecule has 0 heterocycles. The molecule has 3 aliphatic carbocycles. The molecule has 0 bridgehead atoms. The maximum Gasteiger partial charge on any atom is 0.159 e. The minimum absolute atomic E-state index is 0.135. The molecule has 17 heavy (non-hydrogen) atoms. The number of aliphatic hydroxyl groups is 2. The van der Waals surface area contributed by atoms with E-state index >= 15 is 0 Å². The van der Waals surface area contributed by atoms with E-state index in [0.717, 1.165) is 30.4 Å². The highest BCUT2D eigenvalue weighted by Crippen LogP contribution is 2.62. The summed E-state index contributed by atoms with van der Waals surface area (Å²) in [6.07, 6.45) is 3.30.